The van der Waals surface area contributed by atoms with E-state index in [0.29, 0.717) is 11.5 Å². The van der Waals surface area contributed by atoms with Gasteiger partial charge in [0, 0.05) is 11.6 Å². The summed E-state index contributed by atoms with van der Waals surface area (Å²) in [5, 5.41) is 11.4. The van der Waals surface area contributed by atoms with Gasteiger partial charge >= 0.3 is 5.97 Å². The Morgan fingerprint density at radius 3 is 2.35 bits per heavy atom. The van der Waals surface area contributed by atoms with E-state index in [4.69, 9.17) is 4.74 Å². The van der Waals surface area contributed by atoms with Crippen molar-refractivity contribution in [1.82, 2.24) is 9.97 Å². The molecule has 7 heteroatoms. The van der Waals surface area contributed by atoms with Gasteiger partial charge in [0.05, 0.1) is 29.0 Å². The number of hydrogen-bond donors (Lipinski definition) is 0. The third kappa shape index (κ3) is 3.14. The Hall–Kier alpha value is -3.61. The van der Waals surface area contributed by atoms with E-state index in [1.165, 1.54) is 13.2 Å². The van der Waals surface area contributed by atoms with E-state index < -0.39 is 10.9 Å². The molecule has 0 amide bonds. The van der Waals surface area contributed by atoms with E-state index in [1.54, 1.807) is 25.1 Å². The minimum Gasteiger partial charge on any atom is -0.465 e. The number of esters is 1. The van der Waals surface area contributed by atoms with Gasteiger partial charge < -0.3 is 4.74 Å². The molecule has 0 saturated carbocycles. The number of carbonyl (C=O) groups is 1. The summed E-state index contributed by atoms with van der Waals surface area (Å²) in [6.45, 7) is 1.65. The number of rotatable bonds is 4. The van der Waals surface area contributed by atoms with Crippen molar-refractivity contribution in [1.29, 1.82) is 0 Å². The molecule has 1 heterocycles. The topological polar surface area (TPSA) is 95.2 Å². The lowest BCUT2D eigenvalue weighted by Crippen LogP contribution is -2.11. The second-order valence-electron chi connectivity index (χ2n) is 5.49. The summed E-state index contributed by atoms with van der Waals surface area (Å²) in [4.78, 5) is 32.1. The van der Waals surface area contributed by atoms with Crippen molar-refractivity contribution in [3.63, 3.8) is 0 Å². The first-order chi connectivity index (χ1) is 12.5. The number of para-hydroxylation sites is 1. The molecule has 130 valence electrons. The molecule has 0 N–H and O–H groups in total. The molecule has 3 aromatic rings. The molecule has 0 spiro atoms. The zero-order valence-electron chi connectivity index (χ0n) is 14.2. The smallest absolute Gasteiger partial charge is 0.341 e. The average molecular weight is 349 g/mol. The van der Waals surface area contributed by atoms with E-state index in [2.05, 4.69) is 9.97 Å². The lowest BCUT2D eigenvalue weighted by molar-refractivity contribution is -0.384. The standard InChI is InChI=1S/C19H15N3O4/c1-12-16(19(23)26-2)17(14-10-6-7-11-15(14)22(24)25)21-18(20-12)13-8-4-3-5-9-13/h3-11H,1-2H3. The summed E-state index contributed by atoms with van der Waals surface area (Å²) in [5.41, 5.74) is 1.51. The SMILES string of the molecule is COC(=O)c1c(C)nc(-c2ccccc2)nc1-c1ccccc1[N+](=O)[O-]. The van der Waals surface area contributed by atoms with Crippen LogP contribution in [-0.2, 0) is 4.74 Å². The van der Waals surface area contributed by atoms with Crippen molar-refractivity contribution in [3.05, 3.63) is 76.0 Å². The van der Waals surface area contributed by atoms with E-state index in [1.807, 2.05) is 30.3 Å². The van der Waals surface area contributed by atoms with E-state index in [9.17, 15) is 14.9 Å². The first kappa shape index (κ1) is 17.2. The molecule has 26 heavy (non-hydrogen) atoms. The van der Waals surface area contributed by atoms with Crippen LogP contribution in [0, 0.1) is 17.0 Å². The number of aryl methyl sites for hydroxylation is 1. The third-order valence-electron chi connectivity index (χ3n) is 3.87. The number of nitro benzene ring substituents is 1. The molecule has 0 atom stereocenters. The van der Waals surface area contributed by atoms with Crippen LogP contribution in [0.4, 0.5) is 5.69 Å². The molecule has 0 radical (unpaired) electrons. The highest BCUT2D eigenvalue weighted by molar-refractivity contribution is 5.98. The zero-order chi connectivity index (χ0) is 18.7. The highest BCUT2D eigenvalue weighted by Gasteiger charge is 2.25. The van der Waals surface area contributed by atoms with Crippen LogP contribution in [0.1, 0.15) is 16.1 Å². The quantitative estimate of drug-likeness (QED) is 0.404. The number of benzene rings is 2. The van der Waals surface area contributed by atoms with Gasteiger partial charge in [0.2, 0.25) is 0 Å². The number of methoxy groups -OCH3 is 1. The molecular formula is C19H15N3O4. The average Bonchev–Trinajstić information content (AvgIpc) is 2.67. The van der Waals surface area contributed by atoms with Gasteiger partial charge in [0.15, 0.2) is 5.82 Å². The van der Waals surface area contributed by atoms with Crippen LogP contribution < -0.4 is 0 Å². The minimum absolute atomic E-state index is 0.112. The summed E-state index contributed by atoms with van der Waals surface area (Å²) in [6.07, 6.45) is 0. The van der Waals surface area contributed by atoms with Crippen molar-refractivity contribution in [2.24, 2.45) is 0 Å². The Morgan fingerprint density at radius 1 is 1.04 bits per heavy atom. The van der Waals surface area contributed by atoms with Gasteiger partial charge in [-0.2, -0.15) is 0 Å². The molecule has 0 aliphatic carbocycles. The molecule has 0 unspecified atom stereocenters. The van der Waals surface area contributed by atoms with Gasteiger partial charge in [-0.1, -0.05) is 42.5 Å². The van der Waals surface area contributed by atoms with Crippen molar-refractivity contribution in [3.8, 4) is 22.6 Å². The first-order valence-corrected chi connectivity index (χ1v) is 7.79. The predicted molar refractivity (Wildman–Crippen MR) is 95.6 cm³/mol. The second-order valence-corrected chi connectivity index (χ2v) is 5.49. The van der Waals surface area contributed by atoms with Gasteiger partial charge in [-0.25, -0.2) is 14.8 Å². The Bertz CT molecular complexity index is 987. The minimum atomic E-state index is -0.643. The number of nitrogens with zero attached hydrogens (tertiary/aromatic N) is 3. The number of carbonyl (C=O) groups excluding carboxylic acids is 1. The van der Waals surface area contributed by atoms with Crippen molar-refractivity contribution >= 4 is 11.7 Å². The lowest BCUT2D eigenvalue weighted by atomic mass is 10.0. The molecule has 0 fully saturated rings. The molecule has 0 aliphatic heterocycles. The number of aromatic nitrogens is 2. The Labute approximate surface area is 149 Å². The Balaban J connectivity index is 2.33. The predicted octanol–water partition coefficient (Wildman–Crippen LogP) is 3.81. The van der Waals surface area contributed by atoms with E-state index in [0.717, 1.165) is 5.56 Å². The van der Waals surface area contributed by atoms with Crippen LogP contribution in [-0.4, -0.2) is 28.0 Å². The first-order valence-electron chi connectivity index (χ1n) is 7.79. The maximum Gasteiger partial charge on any atom is 0.341 e. The highest BCUT2D eigenvalue weighted by Crippen LogP contribution is 2.33. The van der Waals surface area contributed by atoms with Crippen molar-refractivity contribution < 1.29 is 14.5 Å². The van der Waals surface area contributed by atoms with Crippen LogP contribution in [0.2, 0.25) is 0 Å². The maximum absolute atomic E-state index is 12.3. The maximum atomic E-state index is 12.3. The fourth-order valence-electron chi connectivity index (χ4n) is 2.66. The number of nitro groups is 1. The monoisotopic (exact) mass is 349 g/mol. The molecule has 0 aliphatic rings. The highest BCUT2D eigenvalue weighted by atomic mass is 16.6. The fourth-order valence-corrected chi connectivity index (χ4v) is 2.66. The number of ether oxygens (including phenoxy) is 1. The van der Waals surface area contributed by atoms with Crippen LogP contribution >= 0.6 is 0 Å². The summed E-state index contributed by atoms with van der Waals surface area (Å²) < 4.78 is 4.84. The second kappa shape index (κ2) is 7.10. The van der Waals surface area contributed by atoms with Crippen LogP contribution in [0.5, 0.6) is 0 Å². The molecule has 0 bridgehead atoms. The Morgan fingerprint density at radius 2 is 1.69 bits per heavy atom. The third-order valence-corrected chi connectivity index (χ3v) is 3.87. The summed E-state index contributed by atoms with van der Waals surface area (Å²) in [5.74, 6) is -0.265. The van der Waals surface area contributed by atoms with Crippen molar-refractivity contribution in [2.45, 2.75) is 6.92 Å². The van der Waals surface area contributed by atoms with Gasteiger partial charge in [-0.3, -0.25) is 10.1 Å². The van der Waals surface area contributed by atoms with E-state index >= 15 is 0 Å². The van der Waals surface area contributed by atoms with Crippen LogP contribution in [0.25, 0.3) is 22.6 Å². The number of hydrogen-bond acceptors (Lipinski definition) is 6. The van der Waals surface area contributed by atoms with Gasteiger partial charge in [-0.15, -0.1) is 0 Å². The Kier molecular flexibility index (Phi) is 4.70. The van der Waals surface area contributed by atoms with Gasteiger partial charge in [-0.05, 0) is 13.0 Å². The normalized spacial score (nSPS) is 10.4. The van der Waals surface area contributed by atoms with Gasteiger partial charge in [0.1, 0.15) is 5.56 Å². The summed E-state index contributed by atoms with van der Waals surface area (Å²) in [6, 6.07) is 15.3. The van der Waals surface area contributed by atoms with Crippen LogP contribution in [0.15, 0.2) is 54.6 Å². The summed E-state index contributed by atoms with van der Waals surface area (Å²) in [7, 11) is 1.25. The molecule has 0 saturated heterocycles. The molecular weight excluding hydrogens is 334 g/mol. The van der Waals surface area contributed by atoms with E-state index in [-0.39, 0.29) is 22.5 Å². The lowest BCUT2D eigenvalue weighted by Gasteiger charge is -2.12. The molecule has 2 aromatic carbocycles. The van der Waals surface area contributed by atoms with Crippen molar-refractivity contribution in [2.75, 3.05) is 7.11 Å². The molecule has 7 nitrogen and oxygen atoms in total. The van der Waals surface area contributed by atoms with Crippen LogP contribution in [0.3, 0.4) is 0 Å². The fraction of sp³-hybridized carbons (Fsp3) is 0.105. The molecule has 3 rings (SSSR count). The summed E-state index contributed by atoms with van der Waals surface area (Å²) >= 11 is 0. The van der Waals surface area contributed by atoms with Gasteiger partial charge in [0.25, 0.3) is 5.69 Å². The largest absolute Gasteiger partial charge is 0.465 e. The molecule has 1 aromatic heterocycles. The zero-order valence-corrected chi connectivity index (χ0v) is 14.2.